The van der Waals surface area contributed by atoms with Crippen LogP contribution in [0.1, 0.15) is 29.9 Å². The van der Waals surface area contributed by atoms with Crippen LogP contribution in [0.3, 0.4) is 0 Å². The first-order valence-corrected chi connectivity index (χ1v) is 13.5. The van der Waals surface area contributed by atoms with Crippen molar-refractivity contribution in [2.24, 2.45) is 0 Å². The normalized spacial score (nSPS) is 14.8. The van der Waals surface area contributed by atoms with E-state index in [0.29, 0.717) is 24.2 Å². The predicted octanol–water partition coefficient (Wildman–Crippen LogP) is 5.55. The van der Waals surface area contributed by atoms with E-state index in [-0.39, 0.29) is 35.0 Å². The Balaban J connectivity index is 1.25. The third kappa shape index (κ3) is 5.11. The van der Waals surface area contributed by atoms with E-state index in [1.807, 2.05) is 48.5 Å². The molecule has 0 aliphatic carbocycles. The lowest BCUT2D eigenvalue weighted by Gasteiger charge is -2.31. The summed E-state index contributed by atoms with van der Waals surface area (Å²) in [6.45, 7) is 1.44. The standard InChI is InChI=1S/C27H25FN2O5S/c1-36(32,33)21-8-9-22(23(28)16-21)26-29-24-15-20(7-10-25(24)35-26)19-11-13-30(14-12-19)27(31)34-17-18-5-3-2-4-6-18/h2-10,15-16,19H,11-14,17H2,1H3. The van der Waals surface area contributed by atoms with E-state index >= 15 is 0 Å². The number of likely N-dealkylation sites (tertiary alicyclic amines) is 1. The summed E-state index contributed by atoms with van der Waals surface area (Å²) in [5.41, 5.74) is 3.24. The van der Waals surface area contributed by atoms with Crippen LogP contribution in [0.15, 0.2) is 76.0 Å². The van der Waals surface area contributed by atoms with E-state index in [2.05, 4.69) is 4.98 Å². The number of piperidine rings is 1. The van der Waals surface area contributed by atoms with Crippen LogP contribution < -0.4 is 0 Å². The van der Waals surface area contributed by atoms with Gasteiger partial charge in [0.05, 0.1) is 10.5 Å². The second kappa shape index (κ2) is 9.73. The molecule has 0 spiro atoms. The fraction of sp³-hybridized carbons (Fsp3) is 0.259. The van der Waals surface area contributed by atoms with Gasteiger partial charge in [-0.1, -0.05) is 36.4 Å². The van der Waals surface area contributed by atoms with E-state index in [9.17, 15) is 17.6 Å². The molecule has 0 radical (unpaired) electrons. The highest BCUT2D eigenvalue weighted by molar-refractivity contribution is 7.90. The molecular weight excluding hydrogens is 483 g/mol. The average Bonchev–Trinajstić information content (AvgIpc) is 3.30. The minimum absolute atomic E-state index is 0.0932. The first-order valence-electron chi connectivity index (χ1n) is 11.6. The number of aromatic nitrogens is 1. The Hall–Kier alpha value is -3.72. The van der Waals surface area contributed by atoms with E-state index in [1.54, 1.807) is 4.90 Å². The molecule has 1 amide bonds. The fourth-order valence-electron chi connectivity index (χ4n) is 4.42. The lowest BCUT2D eigenvalue weighted by molar-refractivity contribution is 0.0870. The molecule has 0 N–H and O–H groups in total. The number of carbonyl (C=O) groups is 1. The first kappa shape index (κ1) is 24.0. The maximum atomic E-state index is 14.6. The van der Waals surface area contributed by atoms with Gasteiger partial charge in [-0.3, -0.25) is 0 Å². The number of halogens is 1. The van der Waals surface area contributed by atoms with Gasteiger partial charge >= 0.3 is 6.09 Å². The summed E-state index contributed by atoms with van der Waals surface area (Å²) < 4.78 is 49.2. The van der Waals surface area contributed by atoms with Gasteiger partial charge in [-0.25, -0.2) is 22.6 Å². The first-order chi connectivity index (χ1) is 17.3. The quantitative estimate of drug-likeness (QED) is 0.351. The number of hydrogen-bond donors (Lipinski definition) is 0. The molecule has 0 unspecified atom stereocenters. The maximum absolute atomic E-state index is 14.6. The maximum Gasteiger partial charge on any atom is 0.410 e. The Morgan fingerprint density at radius 3 is 2.53 bits per heavy atom. The van der Waals surface area contributed by atoms with Gasteiger partial charge < -0.3 is 14.1 Å². The van der Waals surface area contributed by atoms with Gasteiger partial charge in [-0.15, -0.1) is 0 Å². The molecule has 36 heavy (non-hydrogen) atoms. The van der Waals surface area contributed by atoms with Crippen molar-refractivity contribution in [2.45, 2.75) is 30.3 Å². The molecule has 9 heteroatoms. The zero-order valence-corrected chi connectivity index (χ0v) is 20.5. The van der Waals surface area contributed by atoms with Crippen molar-refractivity contribution < 1.29 is 26.8 Å². The number of amides is 1. The molecule has 0 saturated carbocycles. The summed E-state index contributed by atoms with van der Waals surface area (Å²) >= 11 is 0. The van der Waals surface area contributed by atoms with Gasteiger partial charge in [-0.05, 0) is 60.2 Å². The molecule has 4 aromatic rings. The van der Waals surface area contributed by atoms with E-state index in [1.165, 1.54) is 12.1 Å². The van der Waals surface area contributed by atoms with E-state index in [4.69, 9.17) is 9.15 Å². The van der Waals surface area contributed by atoms with E-state index < -0.39 is 15.7 Å². The zero-order chi connectivity index (χ0) is 25.3. The average molecular weight is 509 g/mol. The number of nitrogens with zero attached hydrogens (tertiary/aromatic N) is 2. The third-order valence-corrected chi connectivity index (χ3v) is 7.55. The minimum atomic E-state index is -3.52. The van der Waals surface area contributed by atoms with Crippen LogP contribution in [0.2, 0.25) is 0 Å². The van der Waals surface area contributed by atoms with Gasteiger partial charge in [0.2, 0.25) is 5.89 Å². The Bertz CT molecular complexity index is 1510. The Morgan fingerprint density at radius 2 is 1.83 bits per heavy atom. The lowest BCUT2D eigenvalue weighted by Crippen LogP contribution is -2.38. The molecule has 1 aliphatic heterocycles. The number of fused-ring (bicyclic) bond motifs is 1. The number of ether oxygens (including phenoxy) is 1. The second-order valence-electron chi connectivity index (χ2n) is 8.96. The van der Waals surface area contributed by atoms with Crippen molar-refractivity contribution in [2.75, 3.05) is 19.3 Å². The van der Waals surface area contributed by atoms with Crippen LogP contribution in [0.25, 0.3) is 22.6 Å². The van der Waals surface area contributed by atoms with Crippen LogP contribution in [0, 0.1) is 5.82 Å². The van der Waals surface area contributed by atoms with Gasteiger partial charge in [0.25, 0.3) is 0 Å². The highest BCUT2D eigenvalue weighted by atomic mass is 32.2. The van der Waals surface area contributed by atoms with Crippen molar-refractivity contribution in [3.8, 4) is 11.5 Å². The number of benzene rings is 3. The van der Waals surface area contributed by atoms with Gasteiger partial charge in [0.15, 0.2) is 15.4 Å². The molecule has 7 nitrogen and oxygen atoms in total. The molecule has 5 rings (SSSR count). The topological polar surface area (TPSA) is 89.7 Å². The van der Waals surface area contributed by atoms with Crippen LogP contribution in [0.5, 0.6) is 0 Å². The molecule has 3 aromatic carbocycles. The summed E-state index contributed by atoms with van der Waals surface area (Å²) in [6.07, 6.45) is 2.30. The summed E-state index contributed by atoms with van der Waals surface area (Å²) in [4.78, 5) is 18.5. The van der Waals surface area contributed by atoms with Crippen LogP contribution in [-0.2, 0) is 21.2 Å². The Morgan fingerprint density at radius 1 is 1.08 bits per heavy atom. The summed E-state index contributed by atoms with van der Waals surface area (Å²) in [7, 11) is -3.52. The molecular formula is C27H25FN2O5S. The van der Waals surface area contributed by atoms with Crippen LogP contribution >= 0.6 is 0 Å². The van der Waals surface area contributed by atoms with Gasteiger partial charge in [0, 0.05) is 19.3 Å². The summed E-state index contributed by atoms with van der Waals surface area (Å²) in [5, 5.41) is 0. The smallest absolute Gasteiger partial charge is 0.410 e. The van der Waals surface area contributed by atoms with Gasteiger partial charge in [0.1, 0.15) is 17.9 Å². The molecule has 1 aromatic heterocycles. The molecule has 1 saturated heterocycles. The molecule has 1 aliphatic rings. The molecule has 0 bridgehead atoms. The van der Waals surface area contributed by atoms with E-state index in [0.717, 1.165) is 36.3 Å². The number of carbonyl (C=O) groups excluding carboxylic acids is 1. The monoisotopic (exact) mass is 508 g/mol. The highest BCUT2D eigenvalue weighted by Crippen LogP contribution is 2.33. The highest BCUT2D eigenvalue weighted by Gasteiger charge is 2.25. The second-order valence-corrected chi connectivity index (χ2v) is 11.0. The third-order valence-electron chi connectivity index (χ3n) is 6.44. The number of sulfone groups is 1. The summed E-state index contributed by atoms with van der Waals surface area (Å²) in [5.74, 6) is -0.370. The van der Waals surface area contributed by atoms with Crippen molar-refractivity contribution >= 4 is 27.0 Å². The Kier molecular flexibility index (Phi) is 6.49. The van der Waals surface area contributed by atoms with Crippen molar-refractivity contribution in [1.29, 1.82) is 0 Å². The van der Waals surface area contributed by atoms with Crippen molar-refractivity contribution in [1.82, 2.24) is 9.88 Å². The predicted molar refractivity (Wildman–Crippen MR) is 133 cm³/mol. The Labute approximate surface area is 208 Å². The molecule has 2 heterocycles. The van der Waals surface area contributed by atoms with Crippen LogP contribution in [-0.4, -0.2) is 43.7 Å². The number of hydrogen-bond acceptors (Lipinski definition) is 6. The largest absolute Gasteiger partial charge is 0.445 e. The lowest BCUT2D eigenvalue weighted by atomic mass is 9.89. The number of oxazole rings is 1. The van der Waals surface area contributed by atoms with Crippen molar-refractivity contribution in [3.05, 3.63) is 83.7 Å². The molecule has 1 fully saturated rings. The molecule has 186 valence electrons. The minimum Gasteiger partial charge on any atom is -0.445 e. The van der Waals surface area contributed by atoms with Crippen LogP contribution in [0.4, 0.5) is 9.18 Å². The van der Waals surface area contributed by atoms with Gasteiger partial charge in [-0.2, -0.15) is 0 Å². The SMILES string of the molecule is CS(=O)(=O)c1ccc(-c2nc3cc(C4CCN(C(=O)OCc5ccccc5)CC4)ccc3o2)c(F)c1. The molecule has 0 atom stereocenters. The van der Waals surface area contributed by atoms with Crippen molar-refractivity contribution in [3.63, 3.8) is 0 Å². The fourth-order valence-corrected chi connectivity index (χ4v) is 5.05. The zero-order valence-electron chi connectivity index (χ0n) is 19.7. The summed E-state index contributed by atoms with van der Waals surface area (Å²) in [6, 6.07) is 19.0. The number of rotatable bonds is 5.